The van der Waals surface area contributed by atoms with E-state index >= 15 is 0 Å². The standard InChI is InChI=1S/C7H8INO2/c1-5-2-3-6(8)4-7(5)10-11-9/h2-4H,9H2,1H3. The van der Waals surface area contributed by atoms with Gasteiger partial charge in [-0.15, -0.1) is 0 Å². The number of hydrogen-bond donors (Lipinski definition) is 1. The number of hydrogen-bond acceptors (Lipinski definition) is 3. The van der Waals surface area contributed by atoms with E-state index in [1.807, 2.05) is 25.1 Å². The minimum absolute atomic E-state index is 0.652. The number of rotatable bonds is 2. The van der Waals surface area contributed by atoms with E-state index in [1.165, 1.54) is 0 Å². The van der Waals surface area contributed by atoms with Crippen LogP contribution in [0.1, 0.15) is 5.56 Å². The van der Waals surface area contributed by atoms with E-state index < -0.39 is 0 Å². The molecule has 3 nitrogen and oxygen atoms in total. The van der Waals surface area contributed by atoms with Gasteiger partial charge < -0.3 is 4.89 Å². The predicted molar refractivity (Wildman–Crippen MR) is 49.8 cm³/mol. The zero-order valence-electron chi connectivity index (χ0n) is 6.00. The van der Waals surface area contributed by atoms with E-state index in [2.05, 4.69) is 27.6 Å². The second-order valence-corrected chi connectivity index (χ2v) is 3.34. The van der Waals surface area contributed by atoms with Crippen LogP contribution >= 0.6 is 22.6 Å². The van der Waals surface area contributed by atoms with Crippen molar-refractivity contribution >= 4 is 22.6 Å². The van der Waals surface area contributed by atoms with Gasteiger partial charge >= 0.3 is 0 Å². The van der Waals surface area contributed by atoms with Crippen molar-refractivity contribution in [2.24, 2.45) is 5.90 Å². The van der Waals surface area contributed by atoms with Crippen molar-refractivity contribution in [3.8, 4) is 5.75 Å². The van der Waals surface area contributed by atoms with Crippen molar-refractivity contribution in [2.45, 2.75) is 6.92 Å². The van der Waals surface area contributed by atoms with Gasteiger partial charge in [0, 0.05) is 3.57 Å². The van der Waals surface area contributed by atoms with Crippen LogP contribution in [0.25, 0.3) is 0 Å². The van der Waals surface area contributed by atoms with Gasteiger partial charge in [0.15, 0.2) is 5.75 Å². The predicted octanol–water partition coefficient (Wildman–Crippen LogP) is 1.78. The van der Waals surface area contributed by atoms with E-state index in [0.717, 1.165) is 9.13 Å². The lowest BCUT2D eigenvalue weighted by Gasteiger charge is -2.03. The van der Waals surface area contributed by atoms with Gasteiger partial charge in [0.2, 0.25) is 0 Å². The van der Waals surface area contributed by atoms with Crippen LogP contribution in [0.15, 0.2) is 18.2 Å². The maximum absolute atomic E-state index is 4.75. The Bertz CT molecular complexity index is 252. The smallest absolute Gasteiger partial charge is 0.171 e. The van der Waals surface area contributed by atoms with Crippen molar-refractivity contribution < 1.29 is 9.88 Å². The molecule has 0 aliphatic rings. The van der Waals surface area contributed by atoms with Crippen LogP contribution in [-0.2, 0) is 4.99 Å². The van der Waals surface area contributed by atoms with Crippen LogP contribution in [0.2, 0.25) is 0 Å². The lowest BCUT2D eigenvalue weighted by molar-refractivity contribution is -0.211. The molecular weight excluding hydrogens is 257 g/mol. The molecule has 2 N–H and O–H groups in total. The molecule has 0 aliphatic heterocycles. The summed E-state index contributed by atoms with van der Waals surface area (Å²) in [6.07, 6.45) is 0. The van der Waals surface area contributed by atoms with E-state index in [9.17, 15) is 0 Å². The van der Waals surface area contributed by atoms with Gasteiger partial charge in [0.05, 0.1) is 0 Å². The van der Waals surface area contributed by atoms with Gasteiger partial charge in [-0.2, -0.15) is 5.90 Å². The third kappa shape index (κ3) is 2.32. The topological polar surface area (TPSA) is 44.5 Å². The van der Waals surface area contributed by atoms with Gasteiger partial charge in [-0.25, -0.2) is 0 Å². The zero-order valence-corrected chi connectivity index (χ0v) is 8.16. The molecule has 0 saturated carbocycles. The van der Waals surface area contributed by atoms with Gasteiger partial charge in [0.25, 0.3) is 0 Å². The van der Waals surface area contributed by atoms with Crippen LogP contribution in [0.4, 0.5) is 0 Å². The second kappa shape index (κ2) is 3.89. The van der Waals surface area contributed by atoms with Crippen LogP contribution in [0.5, 0.6) is 5.75 Å². The molecule has 0 heterocycles. The van der Waals surface area contributed by atoms with Crippen molar-refractivity contribution in [1.29, 1.82) is 0 Å². The molecule has 0 atom stereocenters. The first-order chi connectivity index (χ1) is 5.24. The summed E-state index contributed by atoms with van der Waals surface area (Å²) in [5, 5.41) is 0. The molecule has 0 radical (unpaired) electrons. The first kappa shape index (κ1) is 8.76. The molecule has 11 heavy (non-hydrogen) atoms. The summed E-state index contributed by atoms with van der Waals surface area (Å²) in [7, 11) is 0. The maximum atomic E-state index is 4.75. The summed E-state index contributed by atoms with van der Waals surface area (Å²) in [5.74, 6) is 5.41. The van der Waals surface area contributed by atoms with Crippen molar-refractivity contribution in [3.63, 3.8) is 0 Å². The molecule has 0 fully saturated rings. The molecule has 1 aromatic rings. The Morgan fingerprint density at radius 1 is 1.45 bits per heavy atom. The van der Waals surface area contributed by atoms with E-state index in [1.54, 1.807) is 0 Å². The Morgan fingerprint density at radius 2 is 2.18 bits per heavy atom. The largest absolute Gasteiger partial charge is 0.319 e. The summed E-state index contributed by atoms with van der Waals surface area (Å²) < 4.78 is 1.08. The highest BCUT2D eigenvalue weighted by Crippen LogP contribution is 2.20. The summed E-state index contributed by atoms with van der Waals surface area (Å²) in [6.45, 7) is 1.92. The highest BCUT2D eigenvalue weighted by atomic mass is 127. The third-order valence-corrected chi connectivity index (χ3v) is 1.96. The molecule has 0 aromatic heterocycles. The van der Waals surface area contributed by atoms with Gasteiger partial charge in [-0.3, -0.25) is 0 Å². The number of aryl methyl sites for hydroxylation is 1. The number of benzene rings is 1. The molecule has 0 unspecified atom stereocenters. The summed E-state index contributed by atoms with van der Waals surface area (Å²) >= 11 is 2.19. The summed E-state index contributed by atoms with van der Waals surface area (Å²) in [4.78, 5) is 8.75. The highest BCUT2D eigenvalue weighted by Gasteiger charge is 1.99. The minimum atomic E-state index is 0.652. The third-order valence-electron chi connectivity index (χ3n) is 1.29. The quantitative estimate of drug-likeness (QED) is 0.503. The van der Waals surface area contributed by atoms with E-state index in [-0.39, 0.29) is 0 Å². The first-order valence-corrected chi connectivity index (χ1v) is 4.11. The molecule has 0 aliphatic carbocycles. The molecule has 0 bridgehead atoms. The van der Waals surface area contributed by atoms with Gasteiger partial charge in [-0.1, -0.05) is 11.1 Å². The molecular formula is C7H8INO2. The normalized spacial score (nSPS) is 9.73. The highest BCUT2D eigenvalue weighted by molar-refractivity contribution is 14.1. The SMILES string of the molecule is Cc1ccc(I)cc1OON. The molecule has 0 spiro atoms. The lowest BCUT2D eigenvalue weighted by atomic mass is 10.2. The van der Waals surface area contributed by atoms with Crippen molar-refractivity contribution in [2.75, 3.05) is 0 Å². The zero-order chi connectivity index (χ0) is 8.27. The fourth-order valence-electron chi connectivity index (χ4n) is 0.716. The van der Waals surface area contributed by atoms with Crippen LogP contribution in [0.3, 0.4) is 0 Å². The van der Waals surface area contributed by atoms with Crippen LogP contribution in [-0.4, -0.2) is 0 Å². The Morgan fingerprint density at radius 3 is 2.82 bits per heavy atom. The summed E-state index contributed by atoms with van der Waals surface area (Å²) in [5.41, 5.74) is 0.996. The molecule has 4 heteroatoms. The molecule has 60 valence electrons. The average Bonchev–Trinajstić information content (AvgIpc) is 1.98. The van der Waals surface area contributed by atoms with Crippen molar-refractivity contribution in [3.05, 3.63) is 27.3 Å². The fourth-order valence-corrected chi connectivity index (χ4v) is 1.18. The van der Waals surface area contributed by atoms with Crippen LogP contribution < -0.4 is 10.8 Å². The monoisotopic (exact) mass is 265 g/mol. The Hall–Kier alpha value is -0.330. The van der Waals surface area contributed by atoms with Crippen molar-refractivity contribution in [1.82, 2.24) is 0 Å². The average molecular weight is 265 g/mol. The van der Waals surface area contributed by atoms with E-state index in [4.69, 9.17) is 10.8 Å². The van der Waals surface area contributed by atoms with Crippen LogP contribution in [0, 0.1) is 10.5 Å². The lowest BCUT2D eigenvalue weighted by Crippen LogP contribution is -2.04. The molecule has 1 rings (SSSR count). The molecule has 0 amide bonds. The minimum Gasteiger partial charge on any atom is -0.319 e. The maximum Gasteiger partial charge on any atom is 0.171 e. The number of halogens is 1. The Kier molecular flexibility index (Phi) is 3.10. The Balaban J connectivity index is 2.93. The molecule has 1 aromatic carbocycles. The summed E-state index contributed by atoms with van der Waals surface area (Å²) in [6, 6.07) is 5.78. The fraction of sp³-hybridized carbons (Fsp3) is 0.143. The second-order valence-electron chi connectivity index (χ2n) is 2.09. The van der Waals surface area contributed by atoms with Gasteiger partial charge in [0.1, 0.15) is 0 Å². The van der Waals surface area contributed by atoms with E-state index in [0.29, 0.717) is 5.75 Å². The Labute approximate surface area is 78.5 Å². The molecule has 0 saturated heterocycles. The first-order valence-electron chi connectivity index (χ1n) is 3.03. The number of nitrogens with two attached hydrogens (primary N) is 1. The van der Waals surface area contributed by atoms with Gasteiger partial charge in [-0.05, 0) is 47.2 Å².